The van der Waals surface area contributed by atoms with Gasteiger partial charge in [0, 0.05) is 6.07 Å². The van der Waals surface area contributed by atoms with Gasteiger partial charge in [-0.25, -0.2) is 8.42 Å². The number of hydrogen-bond acceptors (Lipinski definition) is 6. The molecule has 1 aromatic carbocycles. The molecule has 0 saturated heterocycles. The van der Waals surface area contributed by atoms with Gasteiger partial charge in [-0.3, -0.25) is 5.10 Å². The van der Waals surface area contributed by atoms with Crippen molar-refractivity contribution in [3.8, 4) is 11.5 Å². The monoisotopic (exact) mass is 281 g/mol. The zero-order chi connectivity index (χ0) is 13.5. The Morgan fingerprint density at radius 1 is 1.21 bits per heavy atom. The van der Waals surface area contributed by atoms with E-state index in [4.69, 9.17) is 15.2 Å². The molecule has 0 unspecified atom stereocenters. The average molecular weight is 281 g/mol. The molecule has 0 radical (unpaired) electrons. The highest BCUT2D eigenvalue weighted by atomic mass is 32.2. The van der Waals surface area contributed by atoms with Crippen molar-refractivity contribution >= 4 is 15.7 Å². The molecule has 8 heteroatoms. The molecule has 19 heavy (non-hydrogen) atoms. The average Bonchev–Trinajstić information content (AvgIpc) is 2.85. The highest BCUT2D eigenvalue weighted by Crippen LogP contribution is 2.34. The third kappa shape index (κ3) is 1.89. The fourth-order valence-corrected chi connectivity index (χ4v) is 3.11. The van der Waals surface area contributed by atoms with Crippen LogP contribution in [0.25, 0.3) is 0 Å². The van der Waals surface area contributed by atoms with E-state index >= 15 is 0 Å². The van der Waals surface area contributed by atoms with Gasteiger partial charge in [-0.05, 0) is 12.1 Å². The lowest BCUT2D eigenvalue weighted by Crippen LogP contribution is -2.15. The lowest BCUT2D eigenvalue weighted by molar-refractivity contribution is 0.171. The smallest absolute Gasteiger partial charge is 0.211 e. The molecule has 1 aliphatic heterocycles. The second-order valence-electron chi connectivity index (χ2n) is 3.96. The van der Waals surface area contributed by atoms with Gasteiger partial charge in [0.25, 0.3) is 0 Å². The van der Waals surface area contributed by atoms with E-state index in [1.807, 2.05) is 0 Å². The van der Waals surface area contributed by atoms with E-state index in [2.05, 4.69) is 10.2 Å². The van der Waals surface area contributed by atoms with E-state index in [0.29, 0.717) is 24.7 Å². The van der Waals surface area contributed by atoms with Crippen LogP contribution in [0.5, 0.6) is 11.5 Å². The van der Waals surface area contributed by atoms with Crippen molar-refractivity contribution in [2.24, 2.45) is 0 Å². The van der Waals surface area contributed by atoms with Gasteiger partial charge in [0.15, 0.2) is 11.5 Å². The Balaban J connectivity index is 2.10. The second-order valence-corrected chi connectivity index (χ2v) is 5.87. The highest BCUT2D eigenvalue weighted by Gasteiger charge is 2.24. The number of benzene rings is 1. The maximum absolute atomic E-state index is 12.4. The van der Waals surface area contributed by atoms with Gasteiger partial charge in [0.2, 0.25) is 9.84 Å². The number of nitrogens with one attached hydrogen (secondary N) is 1. The van der Waals surface area contributed by atoms with Gasteiger partial charge in [-0.1, -0.05) is 0 Å². The molecular weight excluding hydrogens is 270 g/mol. The lowest BCUT2D eigenvalue weighted by atomic mass is 10.3. The molecule has 0 bridgehead atoms. The summed E-state index contributed by atoms with van der Waals surface area (Å²) >= 11 is 0. The van der Waals surface area contributed by atoms with Gasteiger partial charge < -0.3 is 15.2 Å². The Labute approximate surface area is 109 Å². The fraction of sp³-hybridized carbons (Fsp3) is 0.182. The molecule has 0 spiro atoms. The summed E-state index contributed by atoms with van der Waals surface area (Å²) in [5.41, 5.74) is 5.55. The Morgan fingerprint density at radius 3 is 2.63 bits per heavy atom. The van der Waals surface area contributed by atoms with Crippen LogP contribution in [0.1, 0.15) is 0 Å². The van der Waals surface area contributed by atoms with Gasteiger partial charge in [-0.2, -0.15) is 5.10 Å². The quantitative estimate of drug-likeness (QED) is 0.834. The van der Waals surface area contributed by atoms with Crippen LogP contribution in [0.15, 0.2) is 34.2 Å². The van der Waals surface area contributed by atoms with E-state index < -0.39 is 9.84 Å². The summed E-state index contributed by atoms with van der Waals surface area (Å²) in [7, 11) is -3.71. The van der Waals surface area contributed by atoms with Gasteiger partial charge >= 0.3 is 0 Å². The van der Waals surface area contributed by atoms with Crippen LogP contribution in [0.2, 0.25) is 0 Å². The van der Waals surface area contributed by atoms with E-state index in [9.17, 15) is 8.42 Å². The number of aromatic nitrogens is 2. The first-order valence-electron chi connectivity index (χ1n) is 5.52. The maximum Gasteiger partial charge on any atom is 0.211 e. The van der Waals surface area contributed by atoms with Gasteiger partial charge in [0.05, 0.1) is 11.1 Å². The minimum atomic E-state index is -3.71. The molecule has 3 rings (SSSR count). The largest absolute Gasteiger partial charge is 0.486 e. The van der Waals surface area contributed by atoms with E-state index in [1.165, 1.54) is 18.3 Å². The van der Waals surface area contributed by atoms with Crippen molar-refractivity contribution < 1.29 is 17.9 Å². The van der Waals surface area contributed by atoms with Crippen LogP contribution in [0.4, 0.5) is 5.82 Å². The molecule has 2 heterocycles. The van der Waals surface area contributed by atoms with Crippen molar-refractivity contribution in [2.45, 2.75) is 9.79 Å². The van der Waals surface area contributed by atoms with Crippen molar-refractivity contribution in [1.29, 1.82) is 0 Å². The van der Waals surface area contributed by atoms with Crippen LogP contribution in [-0.2, 0) is 9.84 Å². The molecule has 0 aliphatic carbocycles. The van der Waals surface area contributed by atoms with E-state index in [0.717, 1.165) is 0 Å². The first kappa shape index (κ1) is 11.8. The Hall–Kier alpha value is -2.22. The Kier molecular flexibility index (Phi) is 2.59. The molecule has 0 fully saturated rings. The van der Waals surface area contributed by atoms with E-state index in [-0.39, 0.29) is 15.6 Å². The number of anilines is 1. The van der Waals surface area contributed by atoms with Crippen LogP contribution < -0.4 is 15.2 Å². The maximum atomic E-state index is 12.4. The fourth-order valence-electron chi connectivity index (χ4n) is 1.82. The molecule has 7 nitrogen and oxygen atoms in total. The van der Waals surface area contributed by atoms with Crippen molar-refractivity contribution in [3.05, 3.63) is 24.4 Å². The molecule has 2 aromatic rings. The zero-order valence-corrected chi connectivity index (χ0v) is 10.6. The molecule has 1 aliphatic rings. The molecule has 0 saturated carbocycles. The summed E-state index contributed by atoms with van der Waals surface area (Å²) in [4.78, 5) is 0.0361. The van der Waals surface area contributed by atoms with Gasteiger partial charge in [-0.15, -0.1) is 0 Å². The molecule has 100 valence electrons. The Morgan fingerprint density at radius 2 is 1.95 bits per heavy atom. The third-order valence-corrected chi connectivity index (χ3v) is 4.52. The number of sulfone groups is 1. The number of H-pyrrole nitrogens is 1. The number of aromatic amines is 1. The lowest BCUT2D eigenvalue weighted by Gasteiger charge is -2.18. The van der Waals surface area contributed by atoms with Crippen LogP contribution in [0, 0.1) is 0 Å². The number of rotatable bonds is 2. The van der Waals surface area contributed by atoms with E-state index in [1.54, 1.807) is 6.07 Å². The second kappa shape index (κ2) is 4.16. The Bertz CT molecular complexity index is 723. The number of hydrogen-bond donors (Lipinski definition) is 2. The normalized spacial score (nSPS) is 14.3. The third-order valence-electron chi connectivity index (χ3n) is 2.75. The molecule has 1 aromatic heterocycles. The number of ether oxygens (including phenoxy) is 2. The van der Waals surface area contributed by atoms with Crippen LogP contribution in [0.3, 0.4) is 0 Å². The zero-order valence-electron chi connectivity index (χ0n) is 9.79. The standard InChI is InChI=1S/C11H11N3O4S/c12-11-10(6-13-14-11)19(15,16)7-1-2-8-9(5-7)18-4-3-17-8/h1-2,5-6H,3-4H2,(H3,12,13,14). The number of fused-ring (bicyclic) bond motifs is 1. The first-order valence-corrected chi connectivity index (χ1v) is 7.01. The molecule has 0 amide bonds. The summed E-state index contributed by atoms with van der Waals surface area (Å²) < 4.78 is 35.4. The van der Waals surface area contributed by atoms with Gasteiger partial charge in [0.1, 0.15) is 23.9 Å². The molecule has 3 N–H and O–H groups in total. The summed E-state index contributed by atoms with van der Waals surface area (Å²) in [6, 6.07) is 4.45. The predicted octanol–water partition coefficient (Wildman–Crippen LogP) is 0.596. The van der Waals surface area contributed by atoms with Crippen molar-refractivity contribution in [1.82, 2.24) is 10.2 Å². The highest BCUT2D eigenvalue weighted by molar-refractivity contribution is 7.91. The number of nitrogens with two attached hydrogens (primary N) is 1. The summed E-state index contributed by atoms with van der Waals surface area (Å²) in [5, 5.41) is 6.02. The molecular formula is C11H11N3O4S. The predicted molar refractivity (Wildman–Crippen MR) is 65.9 cm³/mol. The minimum absolute atomic E-state index is 0.00916. The van der Waals surface area contributed by atoms with Crippen LogP contribution in [-0.4, -0.2) is 31.8 Å². The SMILES string of the molecule is Nc1[nH]ncc1S(=O)(=O)c1ccc2c(c1)OCCO2. The minimum Gasteiger partial charge on any atom is -0.486 e. The van der Waals surface area contributed by atoms with Crippen molar-refractivity contribution in [2.75, 3.05) is 18.9 Å². The summed E-state index contributed by atoms with van der Waals surface area (Å²) in [6.07, 6.45) is 1.18. The number of nitrogens with zero attached hydrogens (tertiary/aromatic N) is 1. The van der Waals surface area contributed by atoms with Crippen LogP contribution >= 0.6 is 0 Å². The van der Waals surface area contributed by atoms with Crippen molar-refractivity contribution in [3.63, 3.8) is 0 Å². The first-order chi connectivity index (χ1) is 9.09. The molecule has 0 atom stereocenters. The summed E-state index contributed by atoms with van der Waals surface area (Å²) in [5.74, 6) is 0.953. The summed E-state index contributed by atoms with van der Waals surface area (Å²) in [6.45, 7) is 0.845. The number of nitrogen functional groups attached to an aromatic ring is 1. The topological polar surface area (TPSA) is 107 Å².